The van der Waals surface area contributed by atoms with Gasteiger partial charge in [-0.2, -0.15) is 0 Å². The molecule has 1 aromatic rings. The maximum absolute atomic E-state index is 12.1. The van der Waals surface area contributed by atoms with Crippen molar-refractivity contribution in [3.8, 4) is 0 Å². The number of benzene rings is 1. The lowest BCUT2D eigenvalue weighted by atomic mass is 9.99. The number of hydrogen-bond acceptors (Lipinski definition) is 5. The van der Waals surface area contributed by atoms with Crippen LogP contribution in [0.3, 0.4) is 0 Å². The zero-order valence-corrected chi connectivity index (χ0v) is 14.2. The van der Waals surface area contributed by atoms with Gasteiger partial charge < -0.3 is 20.6 Å². The van der Waals surface area contributed by atoms with Crippen molar-refractivity contribution in [3.05, 3.63) is 39.9 Å². The van der Waals surface area contributed by atoms with Gasteiger partial charge in [0.05, 0.1) is 17.4 Å². The number of rotatable bonds is 6. The highest BCUT2D eigenvalue weighted by atomic mass is 16.6. The fourth-order valence-corrected chi connectivity index (χ4v) is 2.74. The molecule has 1 heterocycles. The number of non-ortho nitro benzene ring substituents is 1. The summed E-state index contributed by atoms with van der Waals surface area (Å²) in [6.45, 7) is 2.19. The van der Waals surface area contributed by atoms with Gasteiger partial charge in [0.15, 0.2) is 0 Å². The van der Waals surface area contributed by atoms with E-state index in [4.69, 9.17) is 5.11 Å². The van der Waals surface area contributed by atoms with Gasteiger partial charge >= 0.3 is 12.0 Å². The molecule has 140 valence electrons. The van der Waals surface area contributed by atoms with Crippen LogP contribution in [0.15, 0.2) is 24.3 Å². The van der Waals surface area contributed by atoms with Crippen LogP contribution in [0.25, 0.3) is 0 Å². The second-order valence-corrected chi connectivity index (χ2v) is 6.18. The Morgan fingerprint density at radius 3 is 2.42 bits per heavy atom. The minimum absolute atomic E-state index is 0.0386. The number of carboxylic acid groups (broad SMARTS) is 1. The van der Waals surface area contributed by atoms with Crippen LogP contribution in [0.1, 0.15) is 12.5 Å². The van der Waals surface area contributed by atoms with Gasteiger partial charge in [0.2, 0.25) is 5.91 Å². The maximum Gasteiger partial charge on any atom is 0.315 e. The highest BCUT2D eigenvalue weighted by molar-refractivity contribution is 5.85. The van der Waals surface area contributed by atoms with E-state index in [9.17, 15) is 24.5 Å². The van der Waals surface area contributed by atoms with Crippen molar-refractivity contribution in [2.24, 2.45) is 11.8 Å². The van der Waals surface area contributed by atoms with E-state index in [1.54, 1.807) is 6.92 Å². The summed E-state index contributed by atoms with van der Waals surface area (Å²) in [5.74, 6) is -1.99. The minimum Gasteiger partial charge on any atom is -0.481 e. The number of likely N-dealkylation sites (tertiary alicyclic amines) is 1. The fraction of sp³-hybridized carbons (Fsp3) is 0.438. The Hall–Kier alpha value is -3.17. The largest absolute Gasteiger partial charge is 0.481 e. The van der Waals surface area contributed by atoms with Crippen molar-refractivity contribution >= 4 is 23.6 Å². The lowest BCUT2D eigenvalue weighted by Crippen LogP contribution is -2.43. The van der Waals surface area contributed by atoms with Crippen molar-refractivity contribution in [1.82, 2.24) is 15.5 Å². The number of urea groups is 1. The average molecular weight is 364 g/mol. The summed E-state index contributed by atoms with van der Waals surface area (Å²) in [6, 6.07) is 5.18. The molecule has 0 saturated carbocycles. The predicted molar refractivity (Wildman–Crippen MR) is 90.2 cm³/mol. The Morgan fingerprint density at radius 2 is 1.88 bits per heavy atom. The van der Waals surface area contributed by atoms with Crippen LogP contribution in [0, 0.1) is 22.0 Å². The van der Waals surface area contributed by atoms with Gasteiger partial charge in [-0.15, -0.1) is 0 Å². The highest BCUT2D eigenvalue weighted by Crippen LogP contribution is 2.22. The predicted octanol–water partition coefficient (Wildman–Crippen LogP) is 0.573. The number of carboxylic acids is 1. The molecular formula is C16H20N4O6. The Labute approximate surface area is 149 Å². The van der Waals surface area contributed by atoms with E-state index >= 15 is 0 Å². The molecule has 10 heteroatoms. The van der Waals surface area contributed by atoms with Crippen LogP contribution in [0.2, 0.25) is 0 Å². The topological polar surface area (TPSA) is 142 Å². The SMILES string of the molecule is C[C@@H]1CN(C(=O)CNC(=O)NCc2ccc([N+](=O)[O-])cc2)C[C@H]1C(=O)O. The van der Waals surface area contributed by atoms with Gasteiger partial charge in [0, 0.05) is 31.8 Å². The smallest absolute Gasteiger partial charge is 0.315 e. The zero-order chi connectivity index (χ0) is 19.3. The number of hydrogen-bond donors (Lipinski definition) is 3. The fourth-order valence-electron chi connectivity index (χ4n) is 2.74. The Bertz CT molecular complexity index is 705. The van der Waals surface area contributed by atoms with Gasteiger partial charge in [-0.05, 0) is 11.5 Å². The molecule has 1 fully saturated rings. The molecule has 0 radical (unpaired) electrons. The molecule has 2 atom stereocenters. The van der Waals surface area contributed by atoms with Crippen molar-refractivity contribution in [2.75, 3.05) is 19.6 Å². The number of carbonyl (C=O) groups excluding carboxylic acids is 2. The van der Waals surface area contributed by atoms with Crippen molar-refractivity contribution in [2.45, 2.75) is 13.5 Å². The summed E-state index contributed by atoms with van der Waals surface area (Å²) in [6.07, 6.45) is 0. The number of carbonyl (C=O) groups is 3. The molecule has 1 aliphatic rings. The van der Waals surface area contributed by atoms with Crippen LogP contribution >= 0.6 is 0 Å². The van der Waals surface area contributed by atoms with Gasteiger partial charge in [-0.3, -0.25) is 19.7 Å². The van der Waals surface area contributed by atoms with Crippen molar-refractivity contribution in [3.63, 3.8) is 0 Å². The highest BCUT2D eigenvalue weighted by Gasteiger charge is 2.36. The molecule has 2 rings (SSSR count). The molecule has 0 aliphatic carbocycles. The molecule has 1 aliphatic heterocycles. The summed E-state index contributed by atoms with van der Waals surface area (Å²) in [4.78, 5) is 46.4. The van der Waals surface area contributed by atoms with Gasteiger partial charge in [0.25, 0.3) is 5.69 Å². The molecule has 1 saturated heterocycles. The summed E-state index contributed by atoms with van der Waals surface area (Å²) in [5.41, 5.74) is 0.637. The molecule has 0 unspecified atom stereocenters. The normalized spacial score (nSPS) is 19.0. The second kappa shape index (κ2) is 8.28. The van der Waals surface area contributed by atoms with E-state index < -0.39 is 22.8 Å². The van der Waals surface area contributed by atoms with Crippen LogP contribution in [-0.2, 0) is 16.1 Å². The molecule has 0 aromatic heterocycles. The second-order valence-electron chi connectivity index (χ2n) is 6.18. The summed E-state index contributed by atoms with van der Waals surface area (Å²) in [5, 5.41) is 24.6. The first-order valence-electron chi connectivity index (χ1n) is 8.03. The molecule has 10 nitrogen and oxygen atoms in total. The van der Waals surface area contributed by atoms with E-state index in [1.807, 2.05) is 0 Å². The van der Waals surface area contributed by atoms with Crippen LogP contribution in [0.5, 0.6) is 0 Å². The van der Waals surface area contributed by atoms with Crippen LogP contribution in [0.4, 0.5) is 10.5 Å². The van der Waals surface area contributed by atoms with E-state index in [2.05, 4.69) is 10.6 Å². The Morgan fingerprint density at radius 1 is 1.23 bits per heavy atom. The number of nitro groups is 1. The summed E-state index contributed by atoms with van der Waals surface area (Å²) in [7, 11) is 0. The maximum atomic E-state index is 12.1. The standard InChI is InChI=1S/C16H20N4O6/c1-10-8-19(9-13(10)15(22)23)14(21)7-18-16(24)17-6-11-2-4-12(5-3-11)20(25)26/h2-5,10,13H,6-9H2,1H3,(H,22,23)(H2,17,18,24)/t10-,13-/m1/s1. The number of nitro benzene ring substituents is 1. The minimum atomic E-state index is -0.929. The summed E-state index contributed by atoms with van der Waals surface area (Å²) >= 11 is 0. The van der Waals surface area contributed by atoms with Crippen molar-refractivity contribution < 1.29 is 24.4 Å². The molecule has 0 bridgehead atoms. The third-order valence-electron chi connectivity index (χ3n) is 4.28. The van der Waals surface area contributed by atoms with E-state index in [-0.39, 0.29) is 37.1 Å². The van der Waals surface area contributed by atoms with Gasteiger partial charge in [-0.25, -0.2) is 4.79 Å². The molecule has 3 N–H and O–H groups in total. The number of nitrogens with zero attached hydrogens (tertiary/aromatic N) is 2. The van der Waals surface area contributed by atoms with Gasteiger partial charge in [0.1, 0.15) is 0 Å². The first kappa shape index (κ1) is 19.2. The first-order valence-corrected chi connectivity index (χ1v) is 8.03. The number of aliphatic carboxylic acids is 1. The number of amides is 3. The van der Waals surface area contributed by atoms with Crippen molar-refractivity contribution in [1.29, 1.82) is 0 Å². The average Bonchev–Trinajstić information content (AvgIpc) is 3.00. The van der Waals surface area contributed by atoms with Crippen LogP contribution < -0.4 is 10.6 Å². The van der Waals surface area contributed by atoms with Gasteiger partial charge in [-0.1, -0.05) is 19.1 Å². The van der Waals surface area contributed by atoms with Crippen LogP contribution in [-0.4, -0.2) is 52.5 Å². The zero-order valence-electron chi connectivity index (χ0n) is 14.2. The molecule has 1 aromatic carbocycles. The Balaban J connectivity index is 1.74. The van der Waals surface area contributed by atoms with E-state index in [0.717, 1.165) is 0 Å². The Kier molecular flexibility index (Phi) is 6.10. The molecule has 26 heavy (non-hydrogen) atoms. The lowest BCUT2D eigenvalue weighted by Gasteiger charge is -2.16. The number of nitrogens with one attached hydrogen (secondary N) is 2. The quantitative estimate of drug-likeness (QED) is 0.498. The first-order chi connectivity index (χ1) is 12.3. The molecular weight excluding hydrogens is 344 g/mol. The van der Waals surface area contributed by atoms with E-state index in [1.165, 1.54) is 29.2 Å². The third kappa shape index (κ3) is 4.91. The third-order valence-corrected chi connectivity index (χ3v) is 4.28. The van der Waals surface area contributed by atoms with E-state index in [0.29, 0.717) is 12.1 Å². The lowest BCUT2D eigenvalue weighted by molar-refractivity contribution is -0.384. The molecule has 3 amide bonds. The molecule has 0 spiro atoms. The summed E-state index contributed by atoms with van der Waals surface area (Å²) < 4.78 is 0. The monoisotopic (exact) mass is 364 g/mol.